The fourth-order valence-electron chi connectivity index (χ4n) is 2.66. The molecule has 2 unspecified atom stereocenters. The van der Waals surface area contributed by atoms with E-state index in [-0.39, 0.29) is 5.75 Å². The van der Waals surface area contributed by atoms with Gasteiger partial charge in [0.25, 0.3) is 0 Å². The van der Waals surface area contributed by atoms with Crippen LogP contribution in [0.15, 0.2) is 46.9 Å². The molecule has 0 aromatic heterocycles. The fraction of sp³-hybridized carbons (Fsp3) is 0.188. The number of anilines is 1. The molecule has 0 aliphatic heterocycles. The van der Waals surface area contributed by atoms with Crippen LogP contribution >= 0.6 is 15.9 Å². The molecule has 0 radical (unpaired) electrons. The first-order valence-electron chi connectivity index (χ1n) is 6.86. The molecule has 2 aromatic rings. The normalized spacial score (nSPS) is 19.5. The van der Waals surface area contributed by atoms with Gasteiger partial charge in [-0.3, -0.25) is 0 Å². The van der Waals surface area contributed by atoms with Crippen LogP contribution in [0.25, 0.3) is 0 Å². The quantitative estimate of drug-likeness (QED) is 0.662. The van der Waals surface area contributed by atoms with Gasteiger partial charge in [0.15, 0.2) is 0 Å². The minimum Gasteiger partial charge on any atom is -0.508 e. The van der Waals surface area contributed by atoms with Crippen molar-refractivity contribution in [3.8, 4) is 5.75 Å². The van der Waals surface area contributed by atoms with Gasteiger partial charge in [-0.1, -0.05) is 18.2 Å². The van der Waals surface area contributed by atoms with Crippen molar-refractivity contribution < 1.29 is 15.0 Å². The molecule has 2 amide bonds. The lowest BCUT2D eigenvalue weighted by Gasteiger charge is -2.18. The second-order valence-corrected chi connectivity index (χ2v) is 6.06. The molecule has 1 aliphatic carbocycles. The van der Waals surface area contributed by atoms with E-state index in [4.69, 9.17) is 0 Å². The SMILES string of the molecule is O=C(Nc1ccccc1Br)NC1c2ccc(O)cc2CC1O. The molecule has 0 heterocycles. The van der Waals surface area contributed by atoms with Crippen LogP contribution in [0.3, 0.4) is 0 Å². The Bertz CT molecular complexity index is 720. The zero-order valence-electron chi connectivity index (χ0n) is 11.6. The molecule has 0 saturated carbocycles. The third-order valence-electron chi connectivity index (χ3n) is 3.68. The molecule has 4 N–H and O–H groups in total. The first kappa shape index (κ1) is 14.9. The number of carbonyl (C=O) groups excluding carboxylic acids is 1. The number of urea groups is 1. The van der Waals surface area contributed by atoms with Crippen LogP contribution in [0.5, 0.6) is 5.75 Å². The average molecular weight is 363 g/mol. The Hall–Kier alpha value is -2.05. The standard InChI is InChI=1S/C16H15BrN2O3/c17-12-3-1-2-4-13(12)18-16(22)19-15-11-6-5-10(20)7-9(11)8-14(15)21/h1-7,14-15,20-21H,8H2,(H2,18,19,22). The van der Waals surface area contributed by atoms with Gasteiger partial charge in [0.1, 0.15) is 5.75 Å². The Balaban J connectivity index is 1.74. The fourth-order valence-corrected chi connectivity index (χ4v) is 3.04. The molecule has 3 rings (SSSR count). The minimum atomic E-state index is -0.707. The third kappa shape index (κ3) is 2.93. The summed E-state index contributed by atoms with van der Waals surface area (Å²) in [5.41, 5.74) is 2.32. The van der Waals surface area contributed by atoms with Crippen molar-refractivity contribution in [3.05, 3.63) is 58.1 Å². The Morgan fingerprint density at radius 3 is 2.77 bits per heavy atom. The van der Waals surface area contributed by atoms with Crippen LogP contribution in [-0.2, 0) is 6.42 Å². The summed E-state index contributed by atoms with van der Waals surface area (Å²) in [6.45, 7) is 0. The molecule has 2 aromatic carbocycles. The van der Waals surface area contributed by atoms with Gasteiger partial charge < -0.3 is 20.8 Å². The van der Waals surface area contributed by atoms with E-state index >= 15 is 0 Å². The number of aliphatic hydroxyl groups is 1. The molecule has 5 nitrogen and oxygen atoms in total. The Morgan fingerprint density at radius 1 is 1.23 bits per heavy atom. The molecule has 6 heteroatoms. The molecule has 114 valence electrons. The number of para-hydroxylation sites is 1. The predicted octanol–water partition coefficient (Wildman–Crippen LogP) is 2.93. The summed E-state index contributed by atoms with van der Waals surface area (Å²) in [5, 5.41) is 25.1. The van der Waals surface area contributed by atoms with Crippen LogP contribution in [0.4, 0.5) is 10.5 Å². The van der Waals surface area contributed by atoms with Crippen LogP contribution in [0, 0.1) is 0 Å². The molecular formula is C16H15BrN2O3. The average Bonchev–Trinajstić information content (AvgIpc) is 2.77. The summed E-state index contributed by atoms with van der Waals surface area (Å²) in [6, 6.07) is 11.3. The number of amides is 2. The van der Waals surface area contributed by atoms with Gasteiger partial charge in [0.05, 0.1) is 17.8 Å². The van der Waals surface area contributed by atoms with Crippen molar-refractivity contribution in [2.75, 3.05) is 5.32 Å². The highest BCUT2D eigenvalue weighted by Gasteiger charge is 2.32. The Labute approximate surface area is 136 Å². The van der Waals surface area contributed by atoms with Gasteiger partial charge in [-0.2, -0.15) is 0 Å². The number of carbonyl (C=O) groups is 1. The largest absolute Gasteiger partial charge is 0.508 e. The maximum absolute atomic E-state index is 12.1. The number of nitrogens with one attached hydrogen (secondary N) is 2. The number of fused-ring (bicyclic) bond motifs is 1. The van der Waals surface area contributed by atoms with Crippen LogP contribution in [-0.4, -0.2) is 22.3 Å². The number of phenolic OH excluding ortho intramolecular Hbond substituents is 1. The van der Waals surface area contributed by atoms with Gasteiger partial charge in [-0.15, -0.1) is 0 Å². The molecule has 0 fully saturated rings. The topological polar surface area (TPSA) is 81.6 Å². The number of hydrogen-bond acceptors (Lipinski definition) is 3. The van der Waals surface area contributed by atoms with Gasteiger partial charge in [0.2, 0.25) is 0 Å². The molecular weight excluding hydrogens is 348 g/mol. The van der Waals surface area contributed by atoms with Crippen molar-refractivity contribution >= 4 is 27.6 Å². The summed E-state index contributed by atoms with van der Waals surface area (Å²) >= 11 is 3.36. The first-order valence-corrected chi connectivity index (χ1v) is 7.66. The van der Waals surface area contributed by atoms with E-state index in [1.165, 1.54) is 0 Å². The molecule has 0 spiro atoms. The van der Waals surface area contributed by atoms with E-state index in [0.717, 1.165) is 15.6 Å². The summed E-state index contributed by atoms with van der Waals surface area (Å²) < 4.78 is 0.780. The second-order valence-electron chi connectivity index (χ2n) is 5.21. The van der Waals surface area contributed by atoms with E-state index in [1.54, 1.807) is 24.3 Å². The Morgan fingerprint density at radius 2 is 2.00 bits per heavy atom. The molecule has 22 heavy (non-hydrogen) atoms. The van der Waals surface area contributed by atoms with Gasteiger partial charge in [-0.25, -0.2) is 4.79 Å². The number of benzene rings is 2. The zero-order valence-corrected chi connectivity index (χ0v) is 13.2. The zero-order chi connectivity index (χ0) is 15.7. The number of halogens is 1. The van der Waals surface area contributed by atoms with Crippen LogP contribution < -0.4 is 10.6 Å². The first-order chi connectivity index (χ1) is 10.5. The van der Waals surface area contributed by atoms with Crippen molar-refractivity contribution in [3.63, 3.8) is 0 Å². The van der Waals surface area contributed by atoms with Crippen molar-refractivity contribution in [1.29, 1.82) is 0 Å². The summed E-state index contributed by atoms with van der Waals surface area (Å²) in [5.74, 6) is 0.157. The van der Waals surface area contributed by atoms with Crippen LogP contribution in [0.2, 0.25) is 0 Å². The highest BCUT2D eigenvalue weighted by Crippen LogP contribution is 2.33. The van der Waals surface area contributed by atoms with E-state index < -0.39 is 18.2 Å². The number of phenols is 1. The number of hydrogen-bond donors (Lipinski definition) is 4. The lowest BCUT2D eigenvalue weighted by molar-refractivity contribution is 0.144. The van der Waals surface area contributed by atoms with E-state index in [1.807, 2.05) is 18.2 Å². The lowest BCUT2D eigenvalue weighted by Crippen LogP contribution is -2.36. The number of aliphatic hydroxyl groups excluding tert-OH is 1. The van der Waals surface area contributed by atoms with E-state index in [2.05, 4.69) is 26.6 Å². The van der Waals surface area contributed by atoms with Crippen molar-refractivity contribution in [2.45, 2.75) is 18.6 Å². The lowest BCUT2D eigenvalue weighted by atomic mass is 10.1. The van der Waals surface area contributed by atoms with E-state index in [9.17, 15) is 15.0 Å². The Kier molecular flexibility index (Phi) is 4.04. The van der Waals surface area contributed by atoms with Gasteiger partial charge >= 0.3 is 6.03 Å². The predicted molar refractivity (Wildman–Crippen MR) is 86.9 cm³/mol. The van der Waals surface area contributed by atoms with Crippen molar-refractivity contribution in [2.24, 2.45) is 0 Å². The molecule has 0 bridgehead atoms. The molecule has 1 aliphatic rings. The highest BCUT2D eigenvalue weighted by atomic mass is 79.9. The number of rotatable bonds is 2. The monoisotopic (exact) mass is 362 g/mol. The number of aromatic hydroxyl groups is 1. The van der Waals surface area contributed by atoms with Crippen LogP contribution in [0.1, 0.15) is 17.2 Å². The highest BCUT2D eigenvalue weighted by molar-refractivity contribution is 9.10. The summed E-state index contributed by atoms with van der Waals surface area (Å²) in [6.07, 6.45) is -0.300. The molecule has 0 saturated heterocycles. The van der Waals surface area contributed by atoms with E-state index in [0.29, 0.717) is 12.1 Å². The molecule has 2 atom stereocenters. The van der Waals surface area contributed by atoms with Gasteiger partial charge in [-0.05, 0) is 51.3 Å². The minimum absolute atomic E-state index is 0.157. The smallest absolute Gasteiger partial charge is 0.319 e. The van der Waals surface area contributed by atoms with Gasteiger partial charge in [0, 0.05) is 10.9 Å². The maximum Gasteiger partial charge on any atom is 0.319 e. The summed E-state index contributed by atoms with van der Waals surface area (Å²) in [4.78, 5) is 12.1. The van der Waals surface area contributed by atoms with Crippen molar-refractivity contribution in [1.82, 2.24) is 5.32 Å². The maximum atomic E-state index is 12.1. The summed E-state index contributed by atoms with van der Waals surface area (Å²) in [7, 11) is 0. The second kappa shape index (κ2) is 5.98. The third-order valence-corrected chi connectivity index (χ3v) is 4.38.